The van der Waals surface area contributed by atoms with E-state index < -0.39 is 0 Å². The Kier molecular flexibility index (Phi) is 4.26. The molecule has 0 aromatic carbocycles. The number of rotatable bonds is 5. The van der Waals surface area contributed by atoms with Crippen molar-refractivity contribution in [1.82, 2.24) is 15.0 Å². The molecule has 2 heterocycles. The fraction of sp³-hybridized carbons (Fsp3) is 0.500. The minimum Gasteiger partial charge on any atom is -0.366 e. The highest BCUT2D eigenvalue weighted by molar-refractivity contribution is 5.89. The van der Waals surface area contributed by atoms with Gasteiger partial charge in [0.2, 0.25) is 5.95 Å². The highest BCUT2D eigenvalue weighted by Crippen LogP contribution is 2.29. The first-order valence-corrected chi connectivity index (χ1v) is 7.90. The van der Waals surface area contributed by atoms with Crippen LogP contribution in [0.4, 0.5) is 11.8 Å². The Bertz CT molecular complexity index is 744. The summed E-state index contributed by atoms with van der Waals surface area (Å²) in [5, 5.41) is 16.5. The van der Waals surface area contributed by atoms with Gasteiger partial charge in [0.1, 0.15) is 17.3 Å². The lowest BCUT2D eigenvalue weighted by atomic mass is 9.80. The van der Waals surface area contributed by atoms with Crippen LogP contribution in [0.3, 0.4) is 0 Å². The molecule has 120 valence electrons. The number of nitrogens with zero attached hydrogens (tertiary/aromatic N) is 4. The van der Waals surface area contributed by atoms with Gasteiger partial charge in [0.05, 0.1) is 0 Å². The molecule has 2 aromatic rings. The van der Waals surface area contributed by atoms with Gasteiger partial charge in [0.25, 0.3) is 0 Å². The summed E-state index contributed by atoms with van der Waals surface area (Å²) in [5.74, 6) is 1.82. The van der Waals surface area contributed by atoms with Gasteiger partial charge < -0.3 is 16.4 Å². The molecule has 0 saturated heterocycles. The molecule has 0 bridgehead atoms. The van der Waals surface area contributed by atoms with E-state index >= 15 is 0 Å². The predicted molar refractivity (Wildman–Crippen MR) is 90.0 cm³/mol. The van der Waals surface area contributed by atoms with Crippen LogP contribution in [0.2, 0.25) is 0 Å². The molecule has 2 aromatic heterocycles. The highest BCUT2D eigenvalue weighted by Gasteiger charge is 2.28. The summed E-state index contributed by atoms with van der Waals surface area (Å²) in [7, 11) is 0. The summed E-state index contributed by atoms with van der Waals surface area (Å²) in [6.07, 6.45) is 3.85. The van der Waals surface area contributed by atoms with E-state index in [-0.39, 0.29) is 6.04 Å². The van der Waals surface area contributed by atoms with E-state index in [2.05, 4.69) is 31.7 Å². The Balaban J connectivity index is 1.89. The summed E-state index contributed by atoms with van der Waals surface area (Å²) in [6, 6.07) is 4.36. The Morgan fingerprint density at radius 2 is 2.17 bits per heavy atom. The van der Waals surface area contributed by atoms with Crippen molar-refractivity contribution in [2.75, 3.05) is 17.2 Å². The molecule has 7 nitrogen and oxygen atoms in total. The first-order chi connectivity index (χ1) is 11.1. The van der Waals surface area contributed by atoms with Crippen LogP contribution in [-0.4, -0.2) is 33.6 Å². The lowest BCUT2D eigenvalue weighted by molar-refractivity contribution is 0.290. The first-order valence-electron chi connectivity index (χ1n) is 7.90. The summed E-state index contributed by atoms with van der Waals surface area (Å²) in [5.41, 5.74) is 6.74. The molecule has 4 N–H and O–H groups in total. The zero-order chi connectivity index (χ0) is 16.4. The zero-order valence-electron chi connectivity index (χ0n) is 13.4. The second-order valence-corrected chi connectivity index (χ2v) is 6.31. The fourth-order valence-electron chi connectivity index (χ4n) is 2.77. The van der Waals surface area contributed by atoms with Crippen LogP contribution in [0.15, 0.2) is 12.3 Å². The fourth-order valence-corrected chi connectivity index (χ4v) is 2.77. The average Bonchev–Trinajstić information content (AvgIpc) is 2.49. The normalized spacial score (nSPS) is 20.1. The molecule has 1 aliphatic carbocycles. The van der Waals surface area contributed by atoms with E-state index in [1.807, 2.05) is 13.8 Å². The van der Waals surface area contributed by atoms with Gasteiger partial charge in [-0.3, -0.25) is 0 Å². The Morgan fingerprint density at radius 3 is 2.83 bits per heavy atom. The third-order valence-corrected chi connectivity index (χ3v) is 4.01. The molecule has 1 saturated carbocycles. The number of anilines is 2. The van der Waals surface area contributed by atoms with E-state index in [9.17, 15) is 0 Å². The maximum absolute atomic E-state index is 9.11. The molecule has 0 amide bonds. The summed E-state index contributed by atoms with van der Waals surface area (Å²) in [6.45, 7) is 4.78. The molecule has 0 atom stereocenters. The number of hydrogen-bond donors (Lipinski definition) is 3. The molecule has 0 radical (unpaired) electrons. The number of nitriles is 1. The lowest BCUT2D eigenvalue weighted by Gasteiger charge is -2.34. The molecule has 0 unspecified atom stereocenters. The van der Waals surface area contributed by atoms with Crippen LogP contribution in [0.1, 0.15) is 32.4 Å². The molecular weight excluding hydrogens is 290 g/mol. The monoisotopic (exact) mass is 311 g/mol. The van der Waals surface area contributed by atoms with Gasteiger partial charge in [-0.05, 0) is 45.2 Å². The molecular formula is C16H21N7. The first kappa shape index (κ1) is 15.4. The average molecular weight is 311 g/mol. The number of nitrogens with two attached hydrogens (primary N) is 1. The smallest absolute Gasteiger partial charge is 0.223 e. The van der Waals surface area contributed by atoms with E-state index in [1.165, 1.54) is 0 Å². The zero-order valence-corrected chi connectivity index (χ0v) is 13.4. The van der Waals surface area contributed by atoms with Crippen molar-refractivity contribution in [3.63, 3.8) is 0 Å². The number of hydrogen-bond acceptors (Lipinski definition) is 7. The van der Waals surface area contributed by atoms with Crippen LogP contribution < -0.4 is 16.4 Å². The Morgan fingerprint density at radius 1 is 1.39 bits per heavy atom. The van der Waals surface area contributed by atoms with Crippen molar-refractivity contribution in [3.05, 3.63) is 18.0 Å². The molecule has 1 fully saturated rings. The van der Waals surface area contributed by atoms with Gasteiger partial charge >= 0.3 is 0 Å². The van der Waals surface area contributed by atoms with Crippen LogP contribution in [0, 0.1) is 17.2 Å². The number of nitrogens with one attached hydrogen (secondary N) is 2. The van der Waals surface area contributed by atoms with Crippen LogP contribution in [-0.2, 0) is 0 Å². The van der Waals surface area contributed by atoms with E-state index in [0.717, 1.165) is 30.3 Å². The van der Waals surface area contributed by atoms with Gasteiger partial charge in [0, 0.05) is 23.7 Å². The van der Waals surface area contributed by atoms with Crippen molar-refractivity contribution in [3.8, 4) is 6.07 Å². The minimum atomic E-state index is 0.197. The van der Waals surface area contributed by atoms with E-state index in [1.54, 1.807) is 12.3 Å². The third kappa shape index (κ3) is 3.32. The quantitative estimate of drug-likeness (QED) is 0.772. The predicted octanol–water partition coefficient (Wildman–Crippen LogP) is 1.87. The summed E-state index contributed by atoms with van der Waals surface area (Å²) < 4.78 is 0. The highest BCUT2D eigenvalue weighted by atomic mass is 15.1. The van der Waals surface area contributed by atoms with Crippen molar-refractivity contribution in [1.29, 1.82) is 5.26 Å². The van der Waals surface area contributed by atoms with Crippen molar-refractivity contribution in [2.45, 2.75) is 38.8 Å². The molecule has 1 aliphatic rings. The SMILES string of the molecule is CC(C)Nc1nc(C#N)cc2cnc(N[C@H]3C[C@H](CN)C3)nc12. The van der Waals surface area contributed by atoms with Crippen molar-refractivity contribution < 1.29 is 0 Å². The molecule has 7 heteroatoms. The van der Waals surface area contributed by atoms with E-state index in [4.69, 9.17) is 11.0 Å². The Hall–Kier alpha value is -2.46. The van der Waals surface area contributed by atoms with Crippen molar-refractivity contribution >= 4 is 22.7 Å². The minimum absolute atomic E-state index is 0.197. The van der Waals surface area contributed by atoms with Crippen molar-refractivity contribution in [2.24, 2.45) is 11.7 Å². The second kappa shape index (κ2) is 6.34. The Labute approximate surface area is 135 Å². The maximum Gasteiger partial charge on any atom is 0.223 e. The molecule has 0 spiro atoms. The standard InChI is InChI=1S/C16H21N7/c1-9(2)20-15-14-11(5-13(7-18)21-15)8-19-16(23-14)22-12-3-10(4-12)6-17/h5,8-10,12H,3-4,6,17H2,1-2H3,(H,20,21)(H,19,22,23)/t10-,12-. The molecule has 23 heavy (non-hydrogen) atoms. The van der Waals surface area contributed by atoms with Gasteiger partial charge in [-0.2, -0.15) is 5.26 Å². The van der Waals surface area contributed by atoms with Gasteiger partial charge in [-0.1, -0.05) is 0 Å². The second-order valence-electron chi connectivity index (χ2n) is 6.31. The van der Waals surface area contributed by atoms with Gasteiger partial charge in [-0.15, -0.1) is 0 Å². The number of fused-ring (bicyclic) bond motifs is 1. The van der Waals surface area contributed by atoms with Crippen LogP contribution >= 0.6 is 0 Å². The molecule has 0 aliphatic heterocycles. The number of pyridine rings is 1. The van der Waals surface area contributed by atoms with Gasteiger partial charge in [-0.25, -0.2) is 15.0 Å². The summed E-state index contributed by atoms with van der Waals surface area (Å²) in [4.78, 5) is 13.3. The lowest BCUT2D eigenvalue weighted by Crippen LogP contribution is -2.39. The largest absolute Gasteiger partial charge is 0.366 e. The number of aromatic nitrogens is 3. The maximum atomic E-state index is 9.11. The topological polar surface area (TPSA) is 113 Å². The van der Waals surface area contributed by atoms with Crippen LogP contribution in [0.5, 0.6) is 0 Å². The molecule has 3 rings (SSSR count). The van der Waals surface area contributed by atoms with Crippen LogP contribution in [0.25, 0.3) is 10.9 Å². The summed E-state index contributed by atoms with van der Waals surface area (Å²) >= 11 is 0. The van der Waals surface area contributed by atoms with E-state index in [0.29, 0.717) is 29.4 Å². The third-order valence-electron chi connectivity index (χ3n) is 4.01. The van der Waals surface area contributed by atoms with Gasteiger partial charge in [0.15, 0.2) is 5.82 Å².